The number of anilines is 1. The largest absolute Gasteiger partial charge is 0.306 e. The molecule has 1 atom stereocenters. The highest BCUT2D eigenvalue weighted by Gasteiger charge is 2.23. The van der Waals surface area contributed by atoms with E-state index in [0.717, 1.165) is 25.1 Å². The second-order valence-corrected chi connectivity index (χ2v) is 6.28. The van der Waals surface area contributed by atoms with Gasteiger partial charge in [0.05, 0.1) is 11.7 Å². The summed E-state index contributed by atoms with van der Waals surface area (Å²) in [5.41, 5.74) is 1.06. The van der Waals surface area contributed by atoms with Gasteiger partial charge in [0.25, 0.3) is 0 Å². The first-order chi connectivity index (χ1) is 7.97. The number of thiazole rings is 1. The molecule has 0 bridgehead atoms. The zero-order chi connectivity index (χ0) is 12.5. The molecule has 2 N–H and O–H groups in total. The summed E-state index contributed by atoms with van der Waals surface area (Å²) in [6, 6.07) is -0.0445. The molecule has 2 rings (SSSR count). The van der Waals surface area contributed by atoms with E-state index in [2.05, 4.69) is 36.4 Å². The second kappa shape index (κ2) is 4.74. The van der Waals surface area contributed by atoms with Gasteiger partial charge in [-0.3, -0.25) is 4.79 Å². The molecule has 1 aromatic heterocycles. The molecule has 17 heavy (non-hydrogen) atoms. The Morgan fingerprint density at radius 3 is 2.88 bits per heavy atom. The minimum Gasteiger partial charge on any atom is -0.306 e. The van der Waals surface area contributed by atoms with Crippen LogP contribution in [0.25, 0.3) is 0 Å². The summed E-state index contributed by atoms with van der Waals surface area (Å²) in [5, 5.41) is 8.77. The molecule has 5 heteroatoms. The van der Waals surface area contributed by atoms with Crippen molar-refractivity contribution in [3.05, 3.63) is 11.1 Å². The summed E-state index contributed by atoms with van der Waals surface area (Å²) >= 11 is 1.49. The number of nitrogens with one attached hydrogen (secondary N) is 2. The molecule has 2 heterocycles. The third-order valence-corrected chi connectivity index (χ3v) is 3.64. The summed E-state index contributed by atoms with van der Waals surface area (Å²) in [6.07, 6.45) is 1.99. The Kier molecular flexibility index (Phi) is 3.49. The van der Waals surface area contributed by atoms with Crippen LogP contribution in [0.15, 0.2) is 5.38 Å². The molecule has 0 aromatic carbocycles. The summed E-state index contributed by atoms with van der Waals surface area (Å²) in [4.78, 5) is 16.3. The van der Waals surface area contributed by atoms with Crippen LogP contribution in [-0.2, 0) is 10.2 Å². The van der Waals surface area contributed by atoms with Crippen molar-refractivity contribution in [2.75, 3.05) is 11.9 Å². The van der Waals surface area contributed by atoms with E-state index in [0.29, 0.717) is 5.13 Å². The summed E-state index contributed by atoms with van der Waals surface area (Å²) in [7, 11) is 0. The van der Waals surface area contributed by atoms with Crippen molar-refractivity contribution in [1.82, 2.24) is 10.3 Å². The van der Waals surface area contributed by atoms with Crippen LogP contribution in [0.2, 0.25) is 0 Å². The average Bonchev–Trinajstić information content (AvgIpc) is 2.85. The lowest BCUT2D eigenvalue weighted by atomic mass is 9.93. The molecule has 1 aromatic rings. The number of carbonyl (C=O) groups is 1. The van der Waals surface area contributed by atoms with Gasteiger partial charge in [-0.15, -0.1) is 11.3 Å². The molecule has 94 valence electrons. The fourth-order valence-corrected chi connectivity index (χ4v) is 2.72. The third-order valence-electron chi connectivity index (χ3n) is 2.88. The number of hydrogen-bond acceptors (Lipinski definition) is 4. The molecule has 0 radical (unpaired) electrons. The maximum atomic E-state index is 11.9. The van der Waals surface area contributed by atoms with Crippen LogP contribution < -0.4 is 10.6 Å². The predicted molar refractivity (Wildman–Crippen MR) is 70.5 cm³/mol. The van der Waals surface area contributed by atoms with E-state index in [1.54, 1.807) is 0 Å². The number of nitrogens with zero attached hydrogens (tertiary/aromatic N) is 1. The Hall–Kier alpha value is -0.940. The first-order valence-electron chi connectivity index (χ1n) is 5.97. The van der Waals surface area contributed by atoms with Gasteiger partial charge in [0.15, 0.2) is 5.13 Å². The standard InChI is InChI=1S/C12H19N3OS/c1-12(2,3)9-7-17-11(14-9)15-10(16)8-5-4-6-13-8/h7-8,13H,4-6H2,1-3H3,(H,14,15,16)/t8-/m1/s1. The quantitative estimate of drug-likeness (QED) is 0.849. The maximum absolute atomic E-state index is 11.9. The van der Waals surface area contributed by atoms with Gasteiger partial charge in [-0.1, -0.05) is 20.8 Å². The Labute approximate surface area is 106 Å². The molecule has 1 aliphatic heterocycles. The summed E-state index contributed by atoms with van der Waals surface area (Å²) in [5.74, 6) is 0.0392. The number of rotatable bonds is 2. The van der Waals surface area contributed by atoms with Crippen LogP contribution in [0.4, 0.5) is 5.13 Å². The highest BCUT2D eigenvalue weighted by atomic mass is 32.1. The SMILES string of the molecule is CC(C)(C)c1csc(NC(=O)[C@H]2CCCN2)n1. The smallest absolute Gasteiger partial charge is 0.243 e. The lowest BCUT2D eigenvalue weighted by Crippen LogP contribution is -2.35. The van der Waals surface area contributed by atoms with Crippen LogP contribution in [0.3, 0.4) is 0 Å². The van der Waals surface area contributed by atoms with Gasteiger partial charge in [0.2, 0.25) is 5.91 Å². The van der Waals surface area contributed by atoms with E-state index in [-0.39, 0.29) is 17.4 Å². The molecule has 0 spiro atoms. The lowest BCUT2D eigenvalue weighted by Gasteiger charge is -2.14. The number of hydrogen-bond donors (Lipinski definition) is 2. The van der Waals surface area contributed by atoms with Crippen molar-refractivity contribution < 1.29 is 4.79 Å². The van der Waals surface area contributed by atoms with E-state index < -0.39 is 0 Å². The normalized spacial score (nSPS) is 20.5. The molecule has 1 aliphatic rings. The van der Waals surface area contributed by atoms with Gasteiger partial charge in [-0.2, -0.15) is 0 Å². The van der Waals surface area contributed by atoms with Crippen molar-refractivity contribution in [2.45, 2.75) is 45.1 Å². The van der Waals surface area contributed by atoms with Crippen LogP contribution >= 0.6 is 11.3 Å². The number of carbonyl (C=O) groups excluding carboxylic acids is 1. The van der Waals surface area contributed by atoms with Gasteiger partial charge in [0.1, 0.15) is 0 Å². The Morgan fingerprint density at radius 2 is 2.35 bits per heavy atom. The molecule has 0 saturated carbocycles. The minimum atomic E-state index is -0.0445. The topological polar surface area (TPSA) is 54.0 Å². The van der Waals surface area contributed by atoms with Gasteiger partial charge >= 0.3 is 0 Å². The Balaban J connectivity index is 1.99. The monoisotopic (exact) mass is 253 g/mol. The van der Waals surface area contributed by atoms with Gasteiger partial charge in [-0.25, -0.2) is 4.98 Å². The van der Waals surface area contributed by atoms with Crippen molar-refractivity contribution in [1.29, 1.82) is 0 Å². The zero-order valence-corrected chi connectivity index (χ0v) is 11.4. The second-order valence-electron chi connectivity index (χ2n) is 5.43. The summed E-state index contributed by atoms with van der Waals surface area (Å²) < 4.78 is 0. The van der Waals surface area contributed by atoms with E-state index >= 15 is 0 Å². The molecule has 0 unspecified atom stereocenters. The molecule has 1 saturated heterocycles. The summed E-state index contributed by atoms with van der Waals surface area (Å²) in [6.45, 7) is 7.29. The van der Waals surface area contributed by atoms with Gasteiger partial charge < -0.3 is 10.6 Å². The van der Waals surface area contributed by atoms with Gasteiger partial charge in [-0.05, 0) is 19.4 Å². The highest BCUT2D eigenvalue weighted by molar-refractivity contribution is 7.13. The van der Waals surface area contributed by atoms with Crippen molar-refractivity contribution >= 4 is 22.4 Å². The maximum Gasteiger partial charge on any atom is 0.243 e. The van der Waals surface area contributed by atoms with E-state index in [9.17, 15) is 4.79 Å². The fourth-order valence-electron chi connectivity index (χ4n) is 1.78. The molecular weight excluding hydrogens is 234 g/mol. The average molecular weight is 253 g/mol. The van der Waals surface area contributed by atoms with Crippen LogP contribution in [0, 0.1) is 0 Å². The van der Waals surface area contributed by atoms with E-state index in [1.807, 2.05) is 5.38 Å². The van der Waals surface area contributed by atoms with Crippen molar-refractivity contribution in [3.8, 4) is 0 Å². The van der Waals surface area contributed by atoms with Crippen molar-refractivity contribution in [3.63, 3.8) is 0 Å². The fraction of sp³-hybridized carbons (Fsp3) is 0.667. The minimum absolute atomic E-state index is 0.0328. The lowest BCUT2D eigenvalue weighted by molar-refractivity contribution is -0.117. The molecule has 0 aliphatic carbocycles. The van der Waals surface area contributed by atoms with E-state index in [1.165, 1.54) is 11.3 Å². The zero-order valence-electron chi connectivity index (χ0n) is 10.5. The van der Waals surface area contributed by atoms with Crippen LogP contribution in [0.1, 0.15) is 39.3 Å². The van der Waals surface area contributed by atoms with Crippen LogP contribution in [0.5, 0.6) is 0 Å². The molecule has 4 nitrogen and oxygen atoms in total. The highest BCUT2D eigenvalue weighted by Crippen LogP contribution is 2.26. The number of aromatic nitrogens is 1. The molecule has 1 fully saturated rings. The van der Waals surface area contributed by atoms with E-state index in [4.69, 9.17) is 0 Å². The number of amides is 1. The van der Waals surface area contributed by atoms with Gasteiger partial charge in [0, 0.05) is 10.8 Å². The Bertz CT molecular complexity index is 402. The van der Waals surface area contributed by atoms with Crippen LogP contribution in [-0.4, -0.2) is 23.5 Å². The predicted octanol–water partition coefficient (Wildman–Crippen LogP) is 2.13. The molecule has 1 amide bonds. The Morgan fingerprint density at radius 1 is 1.59 bits per heavy atom. The first kappa shape index (κ1) is 12.5. The van der Waals surface area contributed by atoms with Crippen molar-refractivity contribution in [2.24, 2.45) is 0 Å². The first-order valence-corrected chi connectivity index (χ1v) is 6.85. The third kappa shape index (κ3) is 3.04. The molecular formula is C12H19N3OS.